The van der Waals surface area contributed by atoms with E-state index in [1.54, 1.807) is 23.1 Å². The van der Waals surface area contributed by atoms with E-state index in [4.69, 9.17) is 21.4 Å². The van der Waals surface area contributed by atoms with E-state index in [1.807, 2.05) is 0 Å². The first-order valence-electron chi connectivity index (χ1n) is 12.8. The number of carbonyl (C=O) groups excluding carboxylic acids is 3. The zero-order valence-electron chi connectivity index (χ0n) is 21.5. The lowest BCUT2D eigenvalue weighted by Gasteiger charge is -2.36. The molecule has 0 bridgehead atoms. The number of benzene rings is 2. The van der Waals surface area contributed by atoms with E-state index < -0.39 is 29.7 Å². The summed E-state index contributed by atoms with van der Waals surface area (Å²) in [5.41, 5.74) is 1.04. The number of nitrogens with zero attached hydrogens (tertiary/aromatic N) is 3. The molecule has 3 aliphatic rings. The number of rotatable bonds is 7. The van der Waals surface area contributed by atoms with E-state index in [-0.39, 0.29) is 12.5 Å². The van der Waals surface area contributed by atoms with Gasteiger partial charge in [-0.2, -0.15) is 0 Å². The normalized spacial score (nSPS) is 20.9. The molecule has 5 rings (SSSR count). The van der Waals surface area contributed by atoms with Crippen LogP contribution in [0.2, 0.25) is 5.02 Å². The second-order valence-electron chi connectivity index (χ2n) is 10.1. The Balaban J connectivity index is 1.32. The van der Waals surface area contributed by atoms with Crippen molar-refractivity contribution in [2.45, 2.75) is 30.9 Å². The molecule has 11 nitrogen and oxygen atoms in total. The largest absolute Gasteiger partial charge is 0.465 e. The minimum absolute atomic E-state index is 0.152. The van der Waals surface area contributed by atoms with Crippen LogP contribution in [0.5, 0.6) is 0 Å². The van der Waals surface area contributed by atoms with Crippen molar-refractivity contribution < 1.29 is 29.0 Å². The number of hydrogen-bond acceptors (Lipinski definition) is 6. The number of likely N-dealkylation sites (tertiary alicyclic amines) is 2. The van der Waals surface area contributed by atoms with Crippen LogP contribution in [-0.4, -0.2) is 84.7 Å². The molecular weight excluding hydrogens is 526 g/mol. The third-order valence-corrected chi connectivity index (χ3v) is 7.87. The highest BCUT2D eigenvalue weighted by Crippen LogP contribution is 2.43. The Hall–Kier alpha value is -3.83. The van der Waals surface area contributed by atoms with E-state index in [9.17, 15) is 19.2 Å². The Morgan fingerprint density at radius 3 is 2.59 bits per heavy atom. The van der Waals surface area contributed by atoms with Crippen LogP contribution in [0.15, 0.2) is 42.5 Å². The minimum Gasteiger partial charge on any atom is -0.465 e. The number of amides is 4. The average molecular weight is 556 g/mol. The molecule has 206 valence electrons. The lowest BCUT2D eigenvalue weighted by Crippen LogP contribution is -2.51. The maximum absolute atomic E-state index is 13.8. The summed E-state index contributed by atoms with van der Waals surface area (Å²) in [5.74, 6) is -0.679. The monoisotopic (exact) mass is 555 g/mol. The molecule has 0 aliphatic carbocycles. The standard InChI is InChI=1S/C27H30ClN5O6/c1-31(26(37)38)19-6-3-17(4-7-19)23(34)29-22(9-13-32-11-2-12-32)24(35)33-14-10-27(16-33)20-15-18(28)5-8-21(20)30-25(36)39-27/h3-8,15,22H,2,9-14,16H2,1H3,(H,29,34)(H,30,36)(H,37,38)/t22-,27-/m0/s1. The van der Waals surface area contributed by atoms with Crippen LogP contribution in [-0.2, 0) is 15.1 Å². The molecule has 4 amide bonds. The fourth-order valence-corrected chi connectivity index (χ4v) is 5.40. The van der Waals surface area contributed by atoms with Gasteiger partial charge in [-0.05, 0) is 68.4 Å². The lowest BCUT2D eigenvalue weighted by atomic mass is 9.90. The van der Waals surface area contributed by atoms with Crippen molar-refractivity contribution in [2.75, 3.05) is 50.0 Å². The van der Waals surface area contributed by atoms with Crippen LogP contribution in [0.3, 0.4) is 0 Å². The van der Waals surface area contributed by atoms with Gasteiger partial charge < -0.3 is 25.0 Å². The van der Waals surface area contributed by atoms with Gasteiger partial charge in [-0.3, -0.25) is 19.8 Å². The highest BCUT2D eigenvalue weighted by atomic mass is 35.5. The number of anilines is 2. The smallest absolute Gasteiger partial charge is 0.412 e. The van der Waals surface area contributed by atoms with E-state index in [2.05, 4.69) is 15.5 Å². The summed E-state index contributed by atoms with van der Waals surface area (Å²) in [6.45, 7) is 3.08. The first kappa shape index (κ1) is 26.8. The summed E-state index contributed by atoms with van der Waals surface area (Å²) in [7, 11) is 1.41. The summed E-state index contributed by atoms with van der Waals surface area (Å²) in [6, 6.07) is 10.5. The van der Waals surface area contributed by atoms with Crippen LogP contribution in [0.4, 0.5) is 21.0 Å². The molecular formula is C27H30ClN5O6. The molecule has 12 heteroatoms. The third kappa shape index (κ3) is 5.50. The number of carboxylic acid groups (broad SMARTS) is 1. The first-order valence-corrected chi connectivity index (χ1v) is 13.2. The second-order valence-corrected chi connectivity index (χ2v) is 10.5. The zero-order valence-corrected chi connectivity index (χ0v) is 22.2. The van der Waals surface area contributed by atoms with E-state index >= 15 is 0 Å². The number of carbonyl (C=O) groups is 4. The fraction of sp³-hybridized carbons (Fsp3) is 0.407. The number of ether oxygens (including phenoxy) is 1. The van der Waals surface area contributed by atoms with Crippen molar-refractivity contribution in [1.82, 2.24) is 15.1 Å². The molecule has 3 N–H and O–H groups in total. The molecule has 0 radical (unpaired) electrons. The van der Waals surface area contributed by atoms with Crippen LogP contribution < -0.4 is 15.5 Å². The van der Waals surface area contributed by atoms with Crippen molar-refractivity contribution in [2.24, 2.45) is 0 Å². The maximum Gasteiger partial charge on any atom is 0.412 e. The molecule has 39 heavy (non-hydrogen) atoms. The molecule has 0 aromatic heterocycles. The van der Waals surface area contributed by atoms with Gasteiger partial charge in [0.25, 0.3) is 5.91 Å². The summed E-state index contributed by atoms with van der Waals surface area (Å²) < 4.78 is 5.75. The topological polar surface area (TPSA) is 132 Å². The van der Waals surface area contributed by atoms with Crippen molar-refractivity contribution >= 4 is 47.0 Å². The van der Waals surface area contributed by atoms with E-state index in [0.29, 0.717) is 47.9 Å². The Kier molecular flexibility index (Phi) is 7.37. The quantitative estimate of drug-likeness (QED) is 0.477. The lowest BCUT2D eigenvalue weighted by molar-refractivity contribution is -0.133. The molecule has 3 heterocycles. The molecule has 3 aliphatic heterocycles. The predicted octanol–water partition coefficient (Wildman–Crippen LogP) is 3.34. The molecule has 0 saturated carbocycles. The van der Waals surface area contributed by atoms with Gasteiger partial charge in [0.15, 0.2) is 5.60 Å². The third-order valence-electron chi connectivity index (χ3n) is 7.63. The van der Waals surface area contributed by atoms with E-state index in [1.165, 1.54) is 31.3 Å². The van der Waals surface area contributed by atoms with Gasteiger partial charge in [0.05, 0.1) is 12.2 Å². The summed E-state index contributed by atoms with van der Waals surface area (Å²) in [4.78, 5) is 55.4. The Labute approximate surface area is 230 Å². The van der Waals surface area contributed by atoms with E-state index in [0.717, 1.165) is 30.0 Å². The van der Waals surface area contributed by atoms with Crippen LogP contribution in [0.1, 0.15) is 35.2 Å². The van der Waals surface area contributed by atoms with Gasteiger partial charge >= 0.3 is 12.2 Å². The van der Waals surface area contributed by atoms with Gasteiger partial charge in [-0.1, -0.05) is 11.6 Å². The average Bonchev–Trinajstić information content (AvgIpc) is 3.30. The van der Waals surface area contributed by atoms with Gasteiger partial charge in [-0.25, -0.2) is 9.59 Å². The van der Waals surface area contributed by atoms with Crippen molar-refractivity contribution in [3.63, 3.8) is 0 Å². The van der Waals surface area contributed by atoms with Crippen molar-refractivity contribution in [1.29, 1.82) is 0 Å². The number of fused-ring (bicyclic) bond motifs is 2. The maximum atomic E-state index is 13.8. The van der Waals surface area contributed by atoms with Gasteiger partial charge in [-0.15, -0.1) is 0 Å². The SMILES string of the molecule is CN(C(=O)O)c1ccc(C(=O)N[C@@H](CCN2CCC2)C(=O)N2CC[C@@]3(C2)OC(=O)Nc2ccc(Cl)cc23)cc1. The first-order chi connectivity index (χ1) is 18.6. The van der Waals surface area contributed by atoms with Gasteiger partial charge in [0, 0.05) is 48.4 Å². The van der Waals surface area contributed by atoms with Crippen molar-refractivity contribution in [3.8, 4) is 0 Å². The zero-order chi connectivity index (χ0) is 27.7. The second kappa shape index (κ2) is 10.7. The number of halogens is 1. The fourth-order valence-electron chi connectivity index (χ4n) is 5.23. The summed E-state index contributed by atoms with van der Waals surface area (Å²) in [5, 5.41) is 15.2. The molecule has 2 saturated heterocycles. The Morgan fingerprint density at radius 2 is 1.92 bits per heavy atom. The highest BCUT2D eigenvalue weighted by molar-refractivity contribution is 6.30. The minimum atomic E-state index is -1.11. The molecule has 0 unspecified atom stereocenters. The highest BCUT2D eigenvalue weighted by Gasteiger charge is 2.49. The molecule has 1 spiro atoms. The molecule has 2 aromatic carbocycles. The Bertz CT molecular complexity index is 1300. The van der Waals surface area contributed by atoms with Crippen LogP contribution in [0.25, 0.3) is 0 Å². The Morgan fingerprint density at radius 1 is 1.18 bits per heavy atom. The summed E-state index contributed by atoms with van der Waals surface area (Å²) in [6.07, 6.45) is 0.246. The number of hydrogen-bond donors (Lipinski definition) is 3. The molecule has 2 fully saturated rings. The van der Waals surface area contributed by atoms with Gasteiger partial charge in [0.2, 0.25) is 5.91 Å². The number of nitrogens with one attached hydrogen (secondary N) is 2. The predicted molar refractivity (Wildman–Crippen MR) is 144 cm³/mol. The van der Waals surface area contributed by atoms with Crippen LogP contribution >= 0.6 is 11.6 Å². The molecule has 2 atom stereocenters. The molecule has 2 aromatic rings. The summed E-state index contributed by atoms with van der Waals surface area (Å²) >= 11 is 6.24. The van der Waals surface area contributed by atoms with Crippen molar-refractivity contribution in [3.05, 3.63) is 58.6 Å². The van der Waals surface area contributed by atoms with Gasteiger partial charge in [0.1, 0.15) is 6.04 Å². The van der Waals surface area contributed by atoms with Crippen LogP contribution in [0, 0.1) is 0 Å².